The van der Waals surface area contributed by atoms with Gasteiger partial charge in [0.15, 0.2) is 0 Å². The van der Waals surface area contributed by atoms with Crippen molar-refractivity contribution in [3.05, 3.63) is 40.7 Å². The fourth-order valence-electron chi connectivity index (χ4n) is 2.30. The van der Waals surface area contributed by atoms with E-state index in [1.807, 2.05) is 0 Å². The molecule has 0 amide bonds. The lowest BCUT2D eigenvalue weighted by molar-refractivity contribution is -0.385. The van der Waals surface area contributed by atoms with E-state index in [4.69, 9.17) is 18.9 Å². The maximum Gasteiger partial charge on any atom is 0.373 e. The van der Waals surface area contributed by atoms with Crippen molar-refractivity contribution in [2.75, 3.05) is 52.5 Å². The van der Waals surface area contributed by atoms with Gasteiger partial charge in [-0.1, -0.05) is 0 Å². The average Bonchev–Trinajstić information content (AvgIpc) is 2.68. The summed E-state index contributed by atoms with van der Waals surface area (Å²) in [5.41, 5.74) is -0.319. The highest BCUT2D eigenvalue weighted by Gasteiger charge is 2.28. The second-order valence-electron chi connectivity index (χ2n) is 5.36. The van der Waals surface area contributed by atoms with Gasteiger partial charge >= 0.3 is 11.6 Å². The lowest BCUT2D eigenvalue weighted by Gasteiger charge is -2.22. The number of aromatic nitrogens is 2. The van der Waals surface area contributed by atoms with Crippen molar-refractivity contribution in [2.45, 2.75) is 0 Å². The van der Waals surface area contributed by atoms with E-state index < -0.39 is 4.92 Å². The minimum Gasteiger partial charge on any atom is -0.497 e. The molecule has 0 saturated heterocycles. The Morgan fingerprint density at radius 1 is 1.00 bits per heavy atom. The molecule has 0 fully saturated rings. The van der Waals surface area contributed by atoms with Crippen LogP contribution in [0.15, 0.2) is 30.6 Å². The Labute approximate surface area is 156 Å². The van der Waals surface area contributed by atoms with E-state index in [9.17, 15) is 10.1 Å². The molecule has 10 nitrogen and oxygen atoms in total. The number of rotatable bonds is 11. The Balaban J connectivity index is 2.36. The topological polar surface area (TPSA) is 109 Å². The first-order chi connectivity index (χ1) is 13.1. The summed E-state index contributed by atoms with van der Waals surface area (Å²) in [6.45, 7) is 1.55. The molecule has 0 saturated carbocycles. The van der Waals surface area contributed by atoms with E-state index in [-0.39, 0.29) is 17.4 Å². The van der Waals surface area contributed by atoms with Crippen LogP contribution in [0.1, 0.15) is 0 Å². The predicted octanol–water partition coefficient (Wildman–Crippen LogP) is 2.28. The van der Waals surface area contributed by atoms with Crippen LogP contribution in [-0.4, -0.2) is 62.5 Å². The van der Waals surface area contributed by atoms with Crippen LogP contribution in [0, 0.1) is 10.1 Å². The van der Waals surface area contributed by atoms with Crippen molar-refractivity contribution in [3.8, 4) is 17.4 Å². The van der Waals surface area contributed by atoms with Crippen molar-refractivity contribution < 1.29 is 23.9 Å². The van der Waals surface area contributed by atoms with Gasteiger partial charge in [0.1, 0.15) is 17.8 Å². The molecule has 0 atom stereocenters. The van der Waals surface area contributed by atoms with Gasteiger partial charge in [-0.05, 0) is 24.3 Å². The van der Waals surface area contributed by atoms with Gasteiger partial charge in [0.2, 0.25) is 5.82 Å². The summed E-state index contributed by atoms with van der Waals surface area (Å²) < 4.78 is 20.9. The maximum atomic E-state index is 11.7. The molecule has 1 aromatic carbocycles. The van der Waals surface area contributed by atoms with E-state index in [0.717, 1.165) is 0 Å². The first-order valence-corrected chi connectivity index (χ1v) is 8.14. The minimum atomic E-state index is -0.555. The van der Waals surface area contributed by atoms with E-state index in [1.165, 1.54) is 6.33 Å². The second kappa shape index (κ2) is 10.2. The van der Waals surface area contributed by atoms with E-state index in [1.54, 1.807) is 50.5 Å². The van der Waals surface area contributed by atoms with Crippen LogP contribution in [0.5, 0.6) is 17.4 Å². The molecule has 1 heterocycles. The van der Waals surface area contributed by atoms with Gasteiger partial charge in [0.25, 0.3) is 0 Å². The van der Waals surface area contributed by atoms with Gasteiger partial charge in [0.05, 0.1) is 25.2 Å². The number of anilines is 1. The highest BCUT2D eigenvalue weighted by molar-refractivity contribution is 5.63. The normalized spacial score (nSPS) is 10.5. The number of methoxy groups -OCH3 is 3. The van der Waals surface area contributed by atoms with E-state index in [2.05, 4.69) is 9.97 Å². The molecule has 2 aromatic rings. The highest BCUT2D eigenvalue weighted by atomic mass is 16.6. The van der Waals surface area contributed by atoms with Gasteiger partial charge in [-0.15, -0.1) is 0 Å². The fraction of sp³-hybridized carbons (Fsp3) is 0.412. The van der Waals surface area contributed by atoms with Crippen LogP contribution < -0.4 is 14.4 Å². The van der Waals surface area contributed by atoms with Crippen LogP contribution in [0.3, 0.4) is 0 Å². The zero-order valence-corrected chi connectivity index (χ0v) is 15.5. The third-order valence-corrected chi connectivity index (χ3v) is 3.66. The maximum absolute atomic E-state index is 11.7. The number of nitro groups is 1. The molecule has 0 aliphatic carbocycles. The van der Waals surface area contributed by atoms with Gasteiger partial charge in [0, 0.05) is 27.3 Å². The number of hydrogen-bond acceptors (Lipinski definition) is 9. The van der Waals surface area contributed by atoms with Crippen LogP contribution in [-0.2, 0) is 9.47 Å². The van der Waals surface area contributed by atoms with Gasteiger partial charge in [-0.2, -0.15) is 4.98 Å². The first-order valence-electron chi connectivity index (χ1n) is 8.14. The molecular formula is C17H22N4O6. The molecule has 10 heteroatoms. The standard InChI is InChI=1S/C17H22N4O6/c1-24-10-8-20(9-11-25-2)16-15(21(22)23)17(19-12-18-16)27-14-6-4-13(26-3)5-7-14/h4-7,12H,8-11H2,1-3H3. The monoisotopic (exact) mass is 378 g/mol. The molecule has 0 radical (unpaired) electrons. The largest absolute Gasteiger partial charge is 0.497 e. The first kappa shape index (κ1) is 20.3. The third kappa shape index (κ3) is 5.50. The van der Waals surface area contributed by atoms with Crippen LogP contribution in [0.2, 0.25) is 0 Å². The summed E-state index contributed by atoms with van der Waals surface area (Å²) in [7, 11) is 4.66. The number of benzene rings is 1. The van der Waals surface area contributed by atoms with Crippen LogP contribution in [0.4, 0.5) is 11.5 Å². The Hall–Kier alpha value is -2.98. The second-order valence-corrected chi connectivity index (χ2v) is 5.36. The van der Waals surface area contributed by atoms with Crippen LogP contribution in [0.25, 0.3) is 0 Å². The lowest BCUT2D eigenvalue weighted by Crippen LogP contribution is -2.32. The molecule has 2 rings (SSSR count). The molecule has 0 unspecified atom stereocenters. The van der Waals surface area contributed by atoms with Crippen molar-refractivity contribution >= 4 is 11.5 Å². The van der Waals surface area contributed by atoms with Crippen molar-refractivity contribution in [1.82, 2.24) is 9.97 Å². The van der Waals surface area contributed by atoms with Crippen molar-refractivity contribution in [2.24, 2.45) is 0 Å². The quantitative estimate of drug-likeness (QED) is 0.429. The molecule has 0 aliphatic heterocycles. The summed E-state index contributed by atoms with van der Waals surface area (Å²) in [4.78, 5) is 20.9. The summed E-state index contributed by atoms with van der Waals surface area (Å²) >= 11 is 0. The SMILES string of the molecule is COCCN(CCOC)c1ncnc(Oc2ccc(OC)cc2)c1[N+](=O)[O-]. The zero-order chi connectivity index (χ0) is 19.6. The van der Waals surface area contributed by atoms with Gasteiger partial charge in [-0.25, -0.2) is 4.98 Å². The number of nitrogens with zero attached hydrogens (tertiary/aromatic N) is 4. The average molecular weight is 378 g/mol. The molecule has 0 spiro atoms. The summed E-state index contributed by atoms with van der Waals surface area (Å²) in [6, 6.07) is 6.65. The van der Waals surface area contributed by atoms with Gasteiger partial charge < -0.3 is 23.8 Å². The Morgan fingerprint density at radius 3 is 2.11 bits per heavy atom. The Bertz CT molecular complexity index is 733. The number of hydrogen-bond donors (Lipinski definition) is 0. The smallest absolute Gasteiger partial charge is 0.373 e. The third-order valence-electron chi connectivity index (χ3n) is 3.66. The van der Waals surface area contributed by atoms with Crippen molar-refractivity contribution in [3.63, 3.8) is 0 Å². The Kier molecular flexibility index (Phi) is 7.71. The molecule has 1 aromatic heterocycles. The number of ether oxygens (including phenoxy) is 4. The van der Waals surface area contributed by atoms with Crippen LogP contribution >= 0.6 is 0 Å². The summed E-state index contributed by atoms with van der Waals surface area (Å²) in [5.74, 6) is 1.04. The Morgan fingerprint density at radius 2 is 1.59 bits per heavy atom. The highest BCUT2D eigenvalue weighted by Crippen LogP contribution is 2.36. The van der Waals surface area contributed by atoms with E-state index in [0.29, 0.717) is 37.8 Å². The lowest BCUT2D eigenvalue weighted by atomic mass is 10.3. The molecular weight excluding hydrogens is 356 g/mol. The summed E-state index contributed by atoms with van der Waals surface area (Å²) in [6.07, 6.45) is 1.23. The molecule has 0 bridgehead atoms. The molecule has 0 aliphatic rings. The molecule has 0 N–H and O–H groups in total. The predicted molar refractivity (Wildman–Crippen MR) is 97.7 cm³/mol. The minimum absolute atomic E-state index is 0.144. The molecule has 27 heavy (non-hydrogen) atoms. The van der Waals surface area contributed by atoms with E-state index >= 15 is 0 Å². The summed E-state index contributed by atoms with van der Waals surface area (Å²) in [5, 5.41) is 11.7. The zero-order valence-electron chi connectivity index (χ0n) is 15.5. The van der Waals surface area contributed by atoms with Gasteiger partial charge in [-0.3, -0.25) is 10.1 Å². The van der Waals surface area contributed by atoms with Crippen molar-refractivity contribution in [1.29, 1.82) is 0 Å². The fourth-order valence-corrected chi connectivity index (χ4v) is 2.30. The molecule has 146 valence electrons.